The number of aliphatic hydroxyl groups is 9. The van der Waals surface area contributed by atoms with Crippen molar-refractivity contribution in [1.82, 2.24) is 0 Å². The molecule has 3 aliphatic heterocycles. The van der Waals surface area contributed by atoms with Crippen LogP contribution < -0.4 is 22.9 Å². The topological polar surface area (TPSA) is 342 Å². The minimum atomic E-state index is -1.66. The molecule has 4 fully saturated rings. The first-order chi connectivity index (χ1) is 19.8. The molecule has 19 unspecified atom stereocenters. The fourth-order valence-corrected chi connectivity index (χ4v) is 5.64. The van der Waals surface area contributed by atoms with Crippen molar-refractivity contribution in [2.24, 2.45) is 22.9 Å². The SMILES string of the molecule is NCC1OC(OC2C(CO)OC(OC3C(O)C(O)CC(N)C3OC3OC(CO)C(O)C(O)C3N)C2O)C(N)C(O)C1O. The molecule has 1 aliphatic carbocycles. The molecule has 0 aromatic heterocycles. The summed E-state index contributed by atoms with van der Waals surface area (Å²) < 4.78 is 34.2. The molecule has 0 aromatic rings. The van der Waals surface area contributed by atoms with E-state index < -0.39 is 130 Å². The highest BCUT2D eigenvalue weighted by atomic mass is 16.8. The number of rotatable bonds is 9. The van der Waals surface area contributed by atoms with Gasteiger partial charge in [0.25, 0.3) is 0 Å². The van der Waals surface area contributed by atoms with Crippen LogP contribution in [-0.4, -0.2) is 182 Å². The molecule has 0 spiro atoms. The maximum absolute atomic E-state index is 11.1. The Morgan fingerprint density at radius 1 is 0.548 bits per heavy atom. The van der Waals surface area contributed by atoms with Crippen molar-refractivity contribution in [3.8, 4) is 0 Å². The van der Waals surface area contributed by atoms with Gasteiger partial charge >= 0.3 is 0 Å². The van der Waals surface area contributed by atoms with E-state index in [2.05, 4.69) is 0 Å². The zero-order valence-corrected chi connectivity index (χ0v) is 22.6. The van der Waals surface area contributed by atoms with Crippen LogP contribution in [0.3, 0.4) is 0 Å². The third kappa shape index (κ3) is 6.60. The normalized spacial score (nSPS) is 53.8. The second kappa shape index (κ2) is 14.1. The molecule has 42 heavy (non-hydrogen) atoms. The maximum atomic E-state index is 11.1. The highest BCUT2D eigenvalue weighted by Gasteiger charge is 2.54. The Balaban J connectivity index is 1.50. The van der Waals surface area contributed by atoms with Crippen LogP contribution in [0.1, 0.15) is 6.42 Å². The fourth-order valence-electron chi connectivity index (χ4n) is 5.64. The highest BCUT2D eigenvalue weighted by molar-refractivity contribution is 5.01. The second-order valence-corrected chi connectivity index (χ2v) is 11.1. The third-order valence-corrected chi connectivity index (χ3v) is 8.24. The van der Waals surface area contributed by atoms with Crippen LogP contribution >= 0.6 is 0 Å². The Kier molecular flexibility index (Phi) is 11.5. The summed E-state index contributed by atoms with van der Waals surface area (Å²) in [5, 5.41) is 92.5. The van der Waals surface area contributed by atoms with Gasteiger partial charge in [0.2, 0.25) is 0 Å². The van der Waals surface area contributed by atoms with E-state index in [9.17, 15) is 46.0 Å². The summed E-state index contributed by atoms with van der Waals surface area (Å²) in [6.45, 7) is -1.54. The van der Waals surface area contributed by atoms with E-state index in [1.165, 1.54) is 0 Å². The molecule has 17 N–H and O–H groups in total. The Labute approximate surface area is 240 Å². The lowest BCUT2D eigenvalue weighted by Crippen LogP contribution is -2.67. The molecule has 0 bridgehead atoms. The quantitative estimate of drug-likeness (QED) is 0.114. The Morgan fingerprint density at radius 3 is 1.57 bits per heavy atom. The predicted molar refractivity (Wildman–Crippen MR) is 134 cm³/mol. The van der Waals surface area contributed by atoms with Crippen molar-refractivity contribution in [3.63, 3.8) is 0 Å². The first-order valence-corrected chi connectivity index (χ1v) is 13.7. The van der Waals surface area contributed by atoms with Gasteiger partial charge in [-0.05, 0) is 6.42 Å². The zero-order valence-electron chi connectivity index (χ0n) is 22.6. The number of aliphatic hydroxyl groups excluding tert-OH is 9. The summed E-state index contributed by atoms with van der Waals surface area (Å²) in [6, 6.07) is -3.58. The van der Waals surface area contributed by atoms with Crippen LogP contribution in [0.2, 0.25) is 0 Å². The Bertz CT molecular complexity index is 865. The van der Waals surface area contributed by atoms with Gasteiger partial charge in [-0.25, -0.2) is 0 Å². The Morgan fingerprint density at radius 2 is 1.02 bits per heavy atom. The van der Waals surface area contributed by atoms with Crippen molar-refractivity contribution in [2.75, 3.05) is 19.8 Å². The number of ether oxygens (including phenoxy) is 6. The lowest BCUT2D eigenvalue weighted by molar-refractivity contribution is -0.315. The van der Waals surface area contributed by atoms with Crippen molar-refractivity contribution in [1.29, 1.82) is 0 Å². The molecule has 4 rings (SSSR count). The van der Waals surface area contributed by atoms with E-state index >= 15 is 0 Å². The van der Waals surface area contributed by atoms with E-state index in [0.29, 0.717) is 0 Å². The molecule has 19 nitrogen and oxygen atoms in total. The van der Waals surface area contributed by atoms with Crippen LogP contribution in [0.4, 0.5) is 0 Å². The summed E-state index contributed by atoms with van der Waals surface area (Å²) in [5.74, 6) is 0. The van der Waals surface area contributed by atoms with Crippen LogP contribution in [0.5, 0.6) is 0 Å². The largest absolute Gasteiger partial charge is 0.394 e. The molecule has 19 heteroatoms. The molecule has 0 aromatic carbocycles. The molecule has 3 saturated heterocycles. The van der Waals surface area contributed by atoms with Gasteiger partial charge in [-0.2, -0.15) is 0 Å². The van der Waals surface area contributed by atoms with Crippen molar-refractivity contribution in [3.05, 3.63) is 0 Å². The molecular formula is C23H44N4O15. The van der Waals surface area contributed by atoms with E-state index in [1.54, 1.807) is 0 Å². The number of hydrogen-bond acceptors (Lipinski definition) is 19. The number of nitrogens with two attached hydrogens (primary N) is 4. The molecular weight excluding hydrogens is 572 g/mol. The summed E-state index contributed by atoms with van der Waals surface area (Å²) in [4.78, 5) is 0. The molecule has 19 atom stereocenters. The predicted octanol–water partition coefficient (Wildman–Crippen LogP) is -8.83. The second-order valence-electron chi connectivity index (χ2n) is 11.1. The third-order valence-electron chi connectivity index (χ3n) is 8.24. The average molecular weight is 617 g/mol. The van der Waals surface area contributed by atoms with Crippen molar-refractivity contribution < 1.29 is 74.4 Å². The molecule has 0 radical (unpaired) electrons. The smallest absolute Gasteiger partial charge is 0.187 e. The summed E-state index contributed by atoms with van der Waals surface area (Å²) in [5.41, 5.74) is 23.7. The maximum Gasteiger partial charge on any atom is 0.187 e. The molecule has 246 valence electrons. The first kappa shape index (κ1) is 34.1. The van der Waals surface area contributed by atoms with Crippen LogP contribution in [0.15, 0.2) is 0 Å². The molecule has 1 saturated carbocycles. The van der Waals surface area contributed by atoms with E-state index in [1.807, 2.05) is 0 Å². The zero-order chi connectivity index (χ0) is 31.0. The summed E-state index contributed by atoms with van der Waals surface area (Å²) in [7, 11) is 0. The van der Waals surface area contributed by atoms with Gasteiger partial charge < -0.3 is 97.3 Å². The minimum Gasteiger partial charge on any atom is -0.394 e. The van der Waals surface area contributed by atoms with E-state index in [4.69, 9.17) is 51.4 Å². The van der Waals surface area contributed by atoms with E-state index in [-0.39, 0.29) is 13.0 Å². The molecule has 4 aliphatic rings. The van der Waals surface area contributed by atoms with Gasteiger partial charge in [0.1, 0.15) is 73.2 Å². The summed E-state index contributed by atoms with van der Waals surface area (Å²) in [6.07, 6.45) is -22.9. The van der Waals surface area contributed by atoms with Crippen molar-refractivity contribution >= 4 is 0 Å². The van der Waals surface area contributed by atoms with Gasteiger partial charge in [0.15, 0.2) is 18.9 Å². The van der Waals surface area contributed by atoms with E-state index in [0.717, 1.165) is 0 Å². The lowest BCUT2D eigenvalue weighted by atomic mass is 9.85. The van der Waals surface area contributed by atoms with Gasteiger partial charge in [0, 0.05) is 12.6 Å². The molecule has 0 amide bonds. The minimum absolute atomic E-state index is 0.158. The fraction of sp³-hybridized carbons (Fsp3) is 1.00. The monoisotopic (exact) mass is 616 g/mol. The van der Waals surface area contributed by atoms with Crippen molar-refractivity contribution in [2.45, 2.75) is 123 Å². The van der Waals surface area contributed by atoms with Crippen LogP contribution in [0, 0.1) is 0 Å². The van der Waals surface area contributed by atoms with Crippen LogP contribution in [0.25, 0.3) is 0 Å². The average Bonchev–Trinajstić information content (AvgIpc) is 3.27. The molecule has 3 heterocycles. The number of hydrogen-bond donors (Lipinski definition) is 13. The van der Waals surface area contributed by atoms with Gasteiger partial charge in [-0.15, -0.1) is 0 Å². The Hall–Kier alpha value is -0.760. The standard InChI is InChI=1S/C23H44N4O15/c24-2-7-13(32)15(34)10(26)21(37-7)41-19-9(4-29)39-23(17(19)36)42-20-12(31)6(30)1-5(25)18(20)40-22-11(27)16(35)14(33)8(3-28)38-22/h5-23,28-36H,1-4,24-27H2. The summed E-state index contributed by atoms with van der Waals surface area (Å²) >= 11 is 0. The van der Waals surface area contributed by atoms with Gasteiger partial charge in [-0.1, -0.05) is 0 Å². The highest BCUT2D eigenvalue weighted by Crippen LogP contribution is 2.34. The van der Waals surface area contributed by atoms with Gasteiger partial charge in [-0.3, -0.25) is 0 Å². The first-order valence-electron chi connectivity index (χ1n) is 13.7. The lowest BCUT2D eigenvalue weighted by Gasteiger charge is -2.46. The van der Waals surface area contributed by atoms with Crippen LogP contribution in [-0.2, 0) is 28.4 Å². The van der Waals surface area contributed by atoms with Gasteiger partial charge in [0.05, 0.1) is 31.4 Å².